The van der Waals surface area contributed by atoms with Gasteiger partial charge in [-0.2, -0.15) is 0 Å². The number of hydrogen-bond donors (Lipinski definition) is 0. The first-order valence-corrected chi connectivity index (χ1v) is 9.26. The number of nitrogens with zero attached hydrogens (tertiary/aromatic N) is 3. The van der Waals surface area contributed by atoms with Gasteiger partial charge in [-0.25, -0.2) is 9.97 Å². The first-order chi connectivity index (χ1) is 10.3. The number of aryl methyl sites for hydroxylation is 1. The lowest BCUT2D eigenvalue weighted by Crippen LogP contribution is -2.07. The Morgan fingerprint density at radius 1 is 1.32 bits per heavy atom. The van der Waals surface area contributed by atoms with E-state index in [1.54, 1.807) is 0 Å². The molecule has 3 aromatic heterocycles. The fourth-order valence-electron chi connectivity index (χ4n) is 2.17. The minimum Gasteiger partial charge on any atom is -0.304 e. The van der Waals surface area contributed by atoms with Crippen LogP contribution < -0.4 is 0 Å². The molecule has 0 aliphatic heterocycles. The SMILES string of the molecule is Cc1cccc2nc(CS(=O)c3ncc(C(C)(C)C)s3)cn12. The van der Waals surface area contributed by atoms with E-state index in [1.807, 2.05) is 41.9 Å². The molecule has 0 saturated heterocycles. The monoisotopic (exact) mass is 333 g/mol. The van der Waals surface area contributed by atoms with E-state index >= 15 is 0 Å². The van der Waals surface area contributed by atoms with Gasteiger partial charge < -0.3 is 4.40 Å². The van der Waals surface area contributed by atoms with Crippen molar-refractivity contribution in [2.75, 3.05) is 0 Å². The van der Waals surface area contributed by atoms with Gasteiger partial charge in [0.25, 0.3) is 0 Å². The molecule has 0 radical (unpaired) electrons. The molecule has 0 aliphatic rings. The van der Waals surface area contributed by atoms with Crippen molar-refractivity contribution in [2.24, 2.45) is 0 Å². The molecule has 4 nitrogen and oxygen atoms in total. The number of rotatable bonds is 3. The average molecular weight is 333 g/mol. The number of hydrogen-bond acceptors (Lipinski definition) is 4. The van der Waals surface area contributed by atoms with Crippen molar-refractivity contribution < 1.29 is 4.21 Å². The van der Waals surface area contributed by atoms with Crippen molar-refractivity contribution in [3.8, 4) is 0 Å². The molecule has 116 valence electrons. The summed E-state index contributed by atoms with van der Waals surface area (Å²) in [5, 5.41) is 0. The van der Waals surface area contributed by atoms with E-state index in [4.69, 9.17) is 0 Å². The Labute approximate surface area is 136 Å². The second kappa shape index (κ2) is 5.59. The zero-order chi connectivity index (χ0) is 15.9. The van der Waals surface area contributed by atoms with Gasteiger partial charge in [0.15, 0.2) is 4.34 Å². The predicted octanol–water partition coefficient (Wildman–Crippen LogP) is 3.70. The largest absolute Gasteiger partial charge is 0.304 e. The van der Waals surface area contributed by atoms with Crippen LogP contribution in [0.15, 0.2) is 34.9 Å². The Bertz CT molecular complexity index is 843. The van der Waals surface area contributed by atoms with Crippen LogP contribution in [0.2, 0.25) is 0 Å². The molecule has 0 fully saturated rings. The Hall–Kier alpha value is -1.53. The fourth-order valence-corrected chi connectivity index (χ4v) is 4.40. The lowest BCUT2D eigenvalue weighted by molar-refractivity contribution is 0.602. The maximum atomic E-state index is 12.5. The van der Waals surface area contributed by atoms with Crippen molar-refractivity contribution >= 4 is 27.8 Å². The summed E-state index contributed by atoms with van der Waals surface area (Å²) in [4.78, 5) is 10.0. The van der Waals surface area contributed by atoms with Gasteiger partial charge in [0.2, 0.25) is 0 Å². The number of thiazole rings is 1. The zero-order valence-corrected chi connectivity index (χ0v) is 14.8. The van der Waals surface area contributed by atoms with Crippen LogP contribution in [-0.2, 0) is 22.0 Å². The quantitative estimate of drug-likeness (QED) is 0.734. The minimum atomic E-state index is -1.15. The minimum absolute atomic E-state index is 0.0420. The Morgan fingerprint density at radius 2 is 2.09 bits per heavy atom. The standard InChI is InChI=1S/C16H19N3OS2/c1-11-6-5-7-14-18-12(9-19(11)14)10-22(20)15-17-8-13(21-15)16(2,3)4/h5-9H,10H2,1-4H3. The molecule has 6 heteroatoms. The van der Waals surface area contributed by atoms with Gasteiger partial charge >= 0.3 is 0 Å². The summed E-state index contributed by atoms with van der Waals surface area (Å²) in [6, 6.07) is 5.97. The maximum absolute atomic E-state index is 12.5. The third kappa shape index (κ3) is 2.98. The smallest absolute Gasteiger partial charge is 0.181 e. The van der Waals surface area contributed by atoms with E-state index in [0.717, 1.165) is 21.9 Å². The molecule has 1 atom stereocenters. The molecule has 22 heavy (non-hydrogen) atoms. The molecular weight excluding hydrogens is 314 g/mol. The number of imidazole rings is 1. The van der Waals surface area contributed by atoms with Crippen LogP contribution in [0.5, 0.6) is 0 Å². The van der Waals surface area contributed by atoms with Crippen LogP contribution in [0.1, 0.15) is 37.0 Å². The van der Waals surface area contributed by atoms with Gasteiger partial charge in [0, 0.05) is 23.0 Å². The maximum Gasteiger partial charge on any atom is 0.181 e. The van der Waals surface area contributed by atoms with Crippen molar-refractivity contribution in [3.05, 3.63) is 46.9 Å². The number of fused-ring (bicyclic) bond motifs is 1. The molecule has 0 saturated carbocycles. The molecule has 0 aromatic carbocycles. The topological polar surface area (TPSA) is 47.3 Å². The van der Waals surface area contributed by atoms with E-state index in [1.165, 1.54) is 11.3 Å². The van der Waals surface area contributed by atoms with E-state index in [2.05, 4.69) is 30.7 Å². The van der Waals surface area contributed by atoms with Crippen molar-refractivity contribution in [1.82, 2.24) is 14.4 Å². The normalized spacial score (nSPS) is 13.6. The first kappa shape index (κ1) is 15.4. The van der Waals surface area contributed by atoms with Crippen LogP contribution in [0.4, 0.5) is 0 Å². The molecular formula is C16H19N3OS2. The van der Waals surface area contributed by atoms with Crippen LogP contribution in [0.3, 0.4) is 0 Å². The van der Waals surface area contributed by atoms with Crippen LogP contribution in [-0.4, -0.2) is 18.6 Å². The van der Waals surface area contributed by atoms with Crippen LogP contribution in [0, 0.1) is 6.92 Å². The molecule has 0 spiro atoms. The third-order valence-corrected chi connectivity index (χ3v) is 6.52. The highest BCUT2D eigenvalue weighted by atomic mass is 32.2. The number of aromatic nitrogens is 3. The second-order valence-corrected chi connectivity index (χ2v) is 9.01. The molecule has 0 N–H and O–H groups in total. The fraction of sp³-hybridized carbons (Fsp3) is 0.375. The lowest BCUT2D eigenvalue weighted by Gasteiger charge is -2.14. The second-order valence-electron chi connectivity index (χ2n) is 6.36. The Kier molecular flexibility index (Phi) is 3.91. The summed E-state index contributed by atoms with van der Waals surface area (Å²) in [6.07, 6.45) is 3.80. The first-order valence-electron chi connectivity index (χ1n) is 7.13. The predicted molar refractivity (Wildman–Crippen MR) is 90.9 cm³/mol. The van der Waals surface area contributed by atoms with E-state index < -0.39 is 10.8 Å². The summed E-state index contributed by atoms with van der Waals surface area (Å²) in [5.41, 5.74) is 2.88. The van der Waals surface area contributed by atoms with Crippen molar-refractivity contribution in [3.63, 3.8) is 0 Å². The van der Waals surface area contributed by atoms with E-state index in [-0.39, 0.29) is 5.41 Å². The van der Waals surface area contributed by atoms with Gasteiger partial charge in [-0.1, -0.05) is 26.8 Å². The molecule has 3 aromatic rings. The Morgan fingerprint density at radius 3 is 2.73 bits per heavy atom. The van der Waals surface area contributed by atoms with E-state index in [9.17, 15) is 4.21 Å². The number of pyridine rings is 1. The van der Waals surface area contributed by atoms with Gasteiger partial charge in [0.05, 0.1) is 22.2 Å². The molecule has 0 aliphatic carbocycles. The molecule has 0 amide bonds. The Balaban J connectivity index is 1.84. The van der Waals surface area contributed by atoms with E-state index in [0.29, 0.717) is 10.1 Å². The average Bonchev–Trinajstić information content (AvgIpc) is 3.04. The summed E-state index contributed by atoms with van der Waals surface area (Å²) in [6.45, 7) is 8.44. The van der Waals surface area contributed by atoms with Gasteiger partial charge in [-0.15, -0.1) is 11.3 Å². The highest BCUT2D eigenvalue weighted by molar-refractivity contribution is 7.86. The molecule has 3 heterocycles. The molecule has 1 unspecified atom stereocenters. The van der Waals surface area contributed by atoms with Gasteiger partial charge in [-0.05, 0) is 24.5 Å². The molecule has 0 bridgehead atoms. The van der Waals surface area contributed by atoms with Crippen molar-refractivity contribution in [2.45, 2.75) is 43.2 Å². The van der Waals surface area contributed by atoms with Gasteiger partial charge in [-0.3, -0.25) is 4.21 Å². The summed E-state index contributed by atoms with van der Waals surface area (Å²) >= 11 is 1.53. The van der Waals surface area contributed by atoms with Crippen LogP contribution in [0.25, 0.3) is 5.65 Å². The molecule has 3 rings (SSSR count). The zero-order valence-electron chi connectivity index (χ0n) is 13.2. The summed E-state index contributed by atoms with van der Waals surface area (Å²) < 4.78 is 15.2. The third-order valence-electron chi connectivity index (χ3n) is 3.44. The van der Waals surface area contributed by atoms with Crippen LogP contribution >= 0.6 is 11.3 Å². The van der Waals surface area contributed by atoms with Gasteiger partial charge in [0.1, 0.15) is 5.65 Å². The lowest BCUT2D eigenvalue weighted by atomic mass is 9.96. The highest BCUT2D eigenvalue weighted by Gasteiger charge is 2.20. The highest BCUT2D eigenvalue weighted by Crippen LogP contribution is 2.29. The summed E-state index contributed by atoms with van der Waals surface area (Å²) in [5.74, 6) is 0.401. The van der Waals surface area contributed by atoms with Crippen molar-refractivity contribution in [1.29, 1.82) is 0 Å². The summed E-state index contributed by atoms with van der Waals surface area (Å²) in [7, 11) is -1.15.